The highest BCUT2D eigenvalue weighted by atomic mass is 16.5. The van der Waals surface area contributed by atoms with Crippen LogP contribution in [0.5, 0.6) is 0 Å². The molecule has 0 spiro atoms. The fraction of sp³-hybridized carbons (Fsp3) is 0.929. The third-order valence-electron chi connectivity index (χ3n) is 2.79. The van der Waals surface area contributed by atoms with Gasteiger partial charge in [-0.25, -0.2) is 0 Å². The summed E-state index contributed by atoms with van der Waals surface area (Å²) < 4.78 is 5.56. The highest BCUT2D eigenvalue weighted by Gasteiger charge is 2.03. The van der Waals surface area contributed by atoms with E-state index in [9.17, 15) is 0 Å². The second-order valence-corrected chi connectivity index (χ2v) is 5.04. The fourth-order valence-electron chi connectivity index (χ4n) is 1.54. The minimum absolute atomic E-state index is 0.714. The van der Waals surface area contributed by atoms with Crippen LogP contribution in [0.2, 0.25) is 0 Å². The van der Waals surface area contributed by atoms with Gasteiger partial charge >= 0.3 is 0 Å². The molecule has 0 amide bonds. The van der Waals surface area contributed by atoms with Crippen LogP contribution in [0, 0.1) is 5.92 Å². The minimum atomic E-state index is 0.714. The summed E-state index contributed by atoms with van der Waals surface area (Å²) in [5.74, 6) is 1.67. The van der Waals surface area contributed by atoms with Gasteiger partial charge in [-0.3, -0.25) is 4.99 Å². The number of rotatable bonds is 9. The Balaban J connectivity index is 3.62. The molecular weight excluding hydrogens is 226 g/mol. The van der Waals surface area contributed by atoms with E-state index in [1.807, 2.05) is 7.05 Å². The molecule has 0 aliphatic rings. The zero-order valence-corrected chi connectivity index (χ0v) is 12.8. The van der Waals surface area contributed by atoms with Crippen LogP contribution >= 0.6 is 0 Å². The van der Waals surface area contributed by atoms with E-state index in [4.69, 9.17) is 4.74 Å². The Labute approximate surface area is 113 Å². The number of unbranched alkanes of at least 4 members (excludes halogenated alkanes) is 1. The summed E-state index contributed by atoms with van der Waals surface area (Å²) in [6.07, 6.45) is 3.53. The molecule has 0 unspecified atom stereocenters. The van der Waals surface area contributed by atoms with Gasteiger partial charge < -0.3 is 15.0 Å². The molecule has 18 heavy (non-hydrogen) atoms. The maximum Gasteiger partial charge on any atom is 0.193 e. The smallest absolute Gasteiger partial charge is 0.193 e. The van der Waals surface area contributed by atoms with Crippen LogP contribution in [0.4, 0.5) is 0 Å². The SMILES string of the molecule is CCCCN(C)C(=NC)NCCOCCC(C)C. The number of aliphatic imine (C=N–C) groups is 1. The monoisotopic (exact) mass is 257 g/mol. The van der Waals surface area contributed by atoms with Crippen molar-refractivity contribution in [3.63, 3.8) is 0 Å². The molecule has 0 fully saturated rings. The quantitative estimate of drug-likeness (QED) is 0.391. The number of ether oxygens (including phenoxy) is 1. The van der Waals surface area contributed by atoms with Crippen LogP contribution in [-0.2, 0) is 4.74 Å². The molecule has 0 atom stereocenters. The Kier molecular flexibility index (Phi) is 10.8. The van der Waals surface area contributed by atoms with Crippen LogP contribution in [0.25, 0.3) is 0 Å². The summed E-state index contributed by atoms with van der Waals surface area (Å²) in [5.41, 5.74) is 0. The third-order valence-corrected chi connectivity index (χ3v) is 2.79. The van der Waals surface area contributed by atoms with Crippen molar-refractivity contribution in [3.8, 4) is 0 Å². The number of nitrogens with zero attached hydrogens (tertiary/aromatic N) is 2. The van der Waals surface area contributed by atoms with Gasteiger partial charge in [0.25, 0.3) is 0 Å². The molecule has 0 aromatic heterocycles. The van der Waals surface area contributed by atoms with Gasteiger partial charge in [-0.2, -0.15) is 0 Å². The van der Waals surface area contributed by atoms with Gasteiger partial charge in [0.2, 0.25) is 0 Å². The van der Waals surface area contributed by atoms with Crippen molar-refractivity contribution in [3.05, 3.63) is 0 Å². The van der Waals surface area contributed by atoms with Gasteiger partial charge in [0, 0.05) is 33.8 Å². The van der Waals surface area contributed by atoms with Crippen molar-refractivity contribution in [2.24, 2.45) is 10.9 Å². The van der Waals surface area contributed by atoms with Gasteiger partial charge in [0.1, 0.15) is 0 Å². The Morgan fingerprint density at radius 2 is 2.06 bits per heavy atom. The van der Waals surface area contributed by atoms with E-state index in [2.05, 4.69) is 43.0 Å². The lowest BCUT2D eigenvalue weighted by Gasteiger charge is -2.21. The fourth-order valence-corrected chi connectivity index (χ4v) is 1.54. The molecule has 0 saturated carbocycles. The maximum atomic E-state index is 5.56. The van der Waals surface area contributed by atoms with Gasteiger partial charge in [-0.05, 0) is 18.8 Å². The van der Waals surface area contributed by atoms with Crippen molar-refractivity contribution in [1.82, 2.24) is 10.2 Å². The van der Waals surface area contributed by atoms with E-state index in [0.29, 0.717) is 5.92 Å². The topological polar surface area (TPSA) is 36.9 Å². The van der Waals surface area contributed by atoms with E-state index in [0.717, 1.165) is 38.7 Å². The normalized spacial score (nSPS) is 12.0. The second kappa shape index (κ2) is 11.3. The lowest BCUT2D eigenvalue weighted by atomic mass is 10.1. The summed E-state index contributed by atoms with van der Waals surface area (Å²) in [7, 11) is 3.90. The molecule has 4 heteroatoms. The molecule has 0 heterocycles. The Morgan fingerprint density at radius 1 is 1.33 bits per heavy atom. The van der Waals surface area contributed by atoms with E-state index in [1.165, 1.54) is 12.8 Å². The number of guanidine groups is 1. The molecule has 0 aliphatic heterocycles. The van der Waals surface area contributed by atoms with E-state index >= 15 is 0 Å². The van der Waals surface area contributed by atoms with Crippen molar-refractivity contribution in [2.75, 3.05) is 40.4 Å². The maximum absolute atomic E-state index is 5.56. The Morgan fingerprint density at radius 3 is 2.61 bits per heavy atom. The first kappa shape index (κ1) is 17.2. The summed E-state index contributed by atoms with van der Waals surface area (Å²) in [4.78, 5) is 6.43. The number of hydrogen-bond acceptors (Lipinski definition) is 2. The van der Waals surface area contributed by atoms with Crippen LogP contribution in [0.3, 0.4) is 0 Å². The van der Waals surface area contributed by atoms with Crippen molar-refractivity contribution < 1.29 is 4.74 Å². The molecule has 4 nitrogen and oxygen atoms in total. The highest BCUT2D eigenvalue weighted by Crippen LogP contribution is 1.98. The van der Waals surface area contributed by atoms with Gasteiger partial charge in [0.05, 0.1) is 6.61 Å². The number of nitrogens with one attached hydrogen (secondary N) is 1. The first-order valence-electron chi connectivity index (χ1n) is 7.11. The van der Waals surface area contributed by atoms with Crippen molar-refractivity contribution in [2.45, 2.75) is 40.0 Å². The molecule has 0 aromatic rings. The number of hydrogen-bond donors (Lipinski definition) is 1. The predicted octanol–water partition coefficient (Wildman–Crippen LogP) is 2.36. The molecule has 0 aliphatic carbocycles. The molecule has 0 rings (SSSR count). The lowest BCUT2D eigenvalue weighted by Crippen LogP contribution is -2.40. The molecule has 0 bridgehead atoms. The molecule has 0 aromatic carbocycles. The molecule has 0 saturated heterocycles. The average molecular weight is 257 g/mol. The molecule has 108 valence electrons. The molecule has 0 radical (unpaired) electrons. The van der Waals surface area contributed by atoms with E-state index in [-0.39, 0.29) is 0 Å². The summed E-state index contributed by atoms with van der Waals surface area (Å²) in [6, 6.07) is 0. The lowest BCUT2D eigenvalue weighted by molar-refractivity contribution is 0.127. The van der Waals surface area contributed by atoms with Crippen LogP contribution in [0.15, 0.2) is 4.99 Å². The largest absolute Gasteiger partial charge is 0.380 e. The summed E-state index contributed by atoms with van der Waals surface area (Å²) in [5, 5.41) is 3.32. The summed E-state index contributed by atoms with van der Waals surface area (Å²) in [6.45, 7) is 10.1. The third kappa shape index (κ3) is 9.28. The average Bonchev–Trinajstić information content (AvgIpc) is 2.34. The predicted molar refractivity (Wildman–Crippen MR) is 79.2 cm³/mol. The standard InChI is InChI=1S/C14H31N3O/c1-6-7-10-17(5)14(15-4)16-9-12-18-11-8-13(2)3/h13H,6-12H2,1-5H3,(H,15,16). The zero-order chi connectivity index (χ0) is 13.8. The molecule has 1 N–H and O–H groups in total. The summed E-state index contributed by atoms with van der Waals surface area (Å²) >= 11 is 0. The van der Waals surface area contributed by atoms with Gasteiger partial charge in [-0.15, -0.1) is 0 Å². The minimum Gasteiger partial charge on any atom is -0.380 e. The van der Waals surface area contributed by atoms with Gasteiger partial charge in [-0.1, -0.05) is 27.2 Å². The van der Waals surface area contributed by atoms with Crippen molar-refractivity contribution >= 4 is 5.96 Å². The Hall–Kier alpha value is -0.770. The Bertz CT molecular complexity index is 217. The molecular formula is C14H31N3O. The van der Waals surface area contributed by atoms with Crippen LogP contribution in [-0.4, -0.2) is 51.3 Å². The van der Waals surface area contributed by atoms with E-state index in [1.54, 1.807) is 0 Å². The van der Waals surface area contributed by atoms with Gasteiger partial charge in [0.15, 0.2) is 5.96 Å². The second-order valence-electron chi connectivity index (χ2n) is 5.04. The van der Waals surface area contributed by atoms with E-state index < -0.39 is 0 Å². The van der Waals surface area contributed by atoms with Crippen LogP contribution < -0.4 is 5.32 Å². The van der Waals surface area contributed by atoms with Crippen LogP contribution in [0.1, 0.15) is 40.0 Å². The first-order valence-corrected chi connectivity index (χ1v) is 7.11. The zero-order valence-electron chi connectivity index (χ0n) is 12.8. The first-order chi connectivity index (χ1) is 8.61. The van der Waals surface area contributed by atoms with Crippen molar-refractivity contribution in [1.29, 1.82) is 0 Å². The highest BCUT2D eigenvalue weighted by molar-refractivity contribution is 5.79.